The fourth-order valence-electron chi connectivity index (χ4n) is 1.52. The zero-order chi connectivity index (χ0) is 13.7. The molecule has 5 nitrogen and oxygen atoms in total. The number of aliphatic carboxylic acids is 1. The predicted molar refractivity (Wildman–Crippen MR) is 65.1 cm³/mol. The molecule has 5 heteroatoms. The molecule has 0 aromatic carbocycles. The van der Waals surface area contributed by atoms with Crippen molar-refractivity contribution in [1.29, 1.82) is 0 Å². The van der Waals surface area contributed by atoms with Crippen LogP contribution in [0.2, 0.25) is 0 Å². The van der Waals surface area contributed by atoms with E-state index in [1.807, 2.05) is 19.9 Å². The van der Waals surface area contributed by atoms with Crippen molar-refractivity contribution in [3.63, 3.8) is 0 Å². The summed E-state index contributed by atoms with van der Waals surface area (Å²) in [7, 11) is 0. The highest BCUT2D eigenvalue weighted by Crippen LogP contribution is 2.09. The molecule has 0 bridgehead atoms. The molecule has 1 aromatic rings. The van der Waals surface area contributed by atoms with E-state index in [2.05, 4.69) is 0 Å². The van der Waals surface area contributed by atoms with Crippen LogP contribution in [0.15, 0.2) is 24.4 Å². The number of allylic oxidation sites excluding steroid dienone is 1. The number of carboxylic acid groups (broad SMARTS) is 2. The lowest BCUT2D eigenvalue weighted by molar-refractivity contribution is -0.688. The maximum Gasteiger partial charge on any atom is 0.401 e. The Hall–Kier alpha value is -2.17. The molecule has 0 radical (unpaired) electrons. The van der Waals surface area contributed by atoms with Crippen LogP contribution in [0, 0.1) is 5.92 Å². The van der Waals surface area contributed by atoms with E-state index in [9.17, 15) is 14.7 Å². The zero-order valence-corrected chi connectivity index (χ0v) is 10.3. The van der Waals surface area contributed by atoms with Crippen LogP contribution in [0.1, 0.15) is 29.9 Å². The van der Waals surface area contributed by atoms with E-state index in [4.69, 9.17) is 5.11 Å². The quantitative estimate of drug-likeness (QED) is 0.775. The van der Waals surface area contributed by atoms with Gasteiger partial charge < -0.3 is 10.2 Å². The van der Waals surface area contributed by atoms with E-state index in [0.29, 0.717) is 11.5 Å². The summed E-state index contributed by atoms with van der Waals surface area (Å²) >= 11 is 0. The van der Waals surface area contributed by atoms with Gasteiger partial charge in [0, 0.05) is 6.07 Å². The minimum absolute atomic E-state index is 0.0169. The van der Waals surface area contributed by atoms with Crippen LogP contribution in [0.3, 0.4) is 0 Å². The summed E-state index contributed by atoms with van der Waals surface area (Å²) in [6.45, 7) is 3.58. The Morgan fingerprint density at radius 1 is 1.39 bits per heavy atom. The summed E-state index contributed by atoms with van der Waals surface area (Å²) in [6, 6.07) is 3.29. The van der Waals surface area contributed by atoms with E-state index >= 15 is 0 Å². The summed E-state index contributed by atoms with van der Waals surface area (Å²) in [5.74, 6) is -1.92. The lowest BCUT2D eigenvalue weighted by Crippen LogP contribution is -2.44. The van der Waals surface area contributed by atoms with Gasteiger partial charge in [-0.15, -0.1) is 0 Å². The molecule has 2 N–H and O–H groups in total. The Balaban J connectivity index is 3.25. The molecule has 0 atom stereocenters. The fraction of sp³-hybridized carbons (Fsp3) is 0.308. The summed E-state index contributed by atoms with van der Waals surface area (Å²) in [5.41, 5.74) is 0.483. The average molecular weight is 250 g/mol. The van der Waals surface area contributed by atoms with Gasteiger partial charge in [-0.3, -0.25) is 0 Å². The van der Waals surface area contributed by atoms with Gasteiger partial charge in [0.1, 0.15) is 0 Å². The lowest BCUT2D eigenvalue weighted by Gasteiger charge is -2.02. The van der Waals surface area contributed by atoms with Crippen molar-refractivity contribution in [1.82, 2.24) is 0 Å². The standard InChI is InChI=1S/C13H15NO4/c1-9(2)5-6-10-4-3-7-14(8-11(15)16)12(10)13(17)18/h3-7,9H,8H2,1-2H3,(H-,15,16,17,18)/p+1/b6-5+. The Morgan fingerprint density at radius 2 is 2.06 bits per heavy atom. The summed E-state index contributed by atoms with van der Waals surface area (Å²) < 4.78 is 1.21. The first-order valence-electron chi connectivity index (χ1n) is 5.57. The SMILES string of the molecule is CC(C)/C=C/c1ccc[n+](CC(=O)O)c1C(=O)O. The monoisotopic (exact) mass is 250 g/mol. The third-order valence-corrected chi connectivity index (χ3v) is 2.27. The molecular formula is C13H16NO4+. The molecule has 96 valence electrons. The minimum Gasteiger partial charge on any atom is -0.477 e. The van der Waals surface area contributed by atoms with Crippen LogP contribution in [0.25, 0.3) is 6.08 Å². The van der Waals surface area contributed by atoms with Crippen LogP contribution >= 0.6 is 0 Å². The molecule has 0 aliphatic heterocycles. The van der Waals surface area contributed by atoms with Crippen molar-refractivity contribution < 1.29 is 24.4 Å². The van der Waals surface area contributed by atoms with Crippen LogP contribution in [0.4, 0.5) is 0 Å². The Bertz CT molecular complexity index is 492. The summed E-state index contributed by atoms with van der Waals surface area (Å²) in [6.07, 6.45) is 5.02. The van der Waals surface area contributed by atoms with Crippen LogP contribution in [-0.4, -0.2) is 22.2 Å². The largest absolute Gasteiger partial charge is 0.477 e. The maximum atomic E-state index is 11.2. The van der Waals surface area contributed by atoms with Gasteiger partial charge in [0.15, 0.2) is 6.20 Å². The second kappa shape index (κ2) is 5.95. The van der Waals surface area contributed by atoms with Crippen LogP contribution in [-0.2, 0) is 11.3 Å². The van der Waals surface area contributed by atoms with Crippen molar-refractivity contribution >= 4 is 18.0 Å². The van der Waals surface area contributed by atoms with Gasteiger partial charge in [-0.1, -0.05) is 26.0 Å². The van der Waals surface area contributed by atoms with Crippen molar-refractivity contribution in [2.75, 3.05) is 0 Å². The van der Waals surface area contributed by atoms with Gasteiger partial charge in [-0.2, -0.15) is 4.57 Å². The van der Waals surface area contributed by atoms with Gasteiger partial charge in [0.25, 0.3) is 5.69 Å². The molecule has 0 aliphatic rings. The lowest BCUT2D eigenvalue weighted by atomic mass is 10.1. The molecule has 0 saturated carbocycles. The summed E-state index contributed by atoms with van der Waals surface area (Å²) in [4.78, 5) is 21.9. The average Bonchev–Trinajstić information content (AvgIpc) is 2.25. The highest BCUT2D eigenvalue weighted by Gasteiger charge is 2.23. The zero-order valence-electron chi connectivity index (χ0n) is 10.3. The van der Waals surface area contributed by atoms with Gasteiger partial charge in [-0.05, 0) is 12.0 Å². The highest BCUT2D eigenvalue weighted by atomic mass is 16.4. The molecule has 0 unspecified atom stereocenters. The number of aromatic nitrogens is 1. The molecule has 1 rings (SSSR count). The van der Waals surface area contributed by atoms with Crippen molar-refractivity contribution in [3.8, 4) is 0 Å². The third kappa shape index (κ3) is 3.69. The molecule has 18 heavy (non-hydrogen) atoms. The molecule has 0 saturated heterocycles. The second-order valence-electron chi connectivity index (χ2n) is 4.24. The third-order valence-electron chi connectivity index (χ3n) is 2.27. The van der Waals surface area contributed by atoms with E-state index < -0.39 is 11.9 Å². The molecule has 0 spiro atoms. The molecule has 1 aromatic heterocycles. The number of rotatable bonds is 5. The first-order chi connectivity index (χ1) is 8.41. The van der Waals surface area contributed by atoms with Crippen LogP contribution < -0.4 is 4.57 Å². The Morgan fingerprint density at radius 3 is 2.56 bits per heavy atom. The number of carbonyl (C=O) groups is 2. The fourth-order valence-corrected chi connectivity index (χ4v) is 1.52. The van der Waals surface area contributed by atoms with Crippen molar-refractivity contribution in [2.24, 2.45) is 5.92 Å². The van der Waals surface area contributed by atoms with Crippen molar-refractivity contribution in [2.45, 2.75) is 20.4 Å². The van der Waals surface area contributed by atoms with Gasteiger partial charge in [0.05, 0.1) is 5.56 Å². The topological polar surface area (TPSA) is 78.5 Å². The van der Waals surface area contributed by atoms with Gasteiger partial charge >= 0.3 is 11.9 Å². The predicted octanol–water partition coefficient (Wildman–Crippen LogP) is 1.43. The normalized spacial score (nSPS) is 11.1. The second-order valence-corrected chi connectivity index (χ2v) is 4.24. The molecule has 0 amide bonds. The Labute approximate surface area is 105 Å². The van der Waals surface area contributed by atoms with Gasteiger partial charge in [-0.25, -0.2) is 9.59 Å². The minimum atomic E-state index is -1.14. The number of hydrogen-bond acceptors (Lipinski definition) is 2. The molecule has 1 heterocycles. The highest BCUT2D eigenvalue weighted by molar-refractivity contribution is 5.88. The van der Waals surface area contributed by atoms with Gasteiger partial charge in [0.2, 0.25) is 6.54 Å². The van der Waals surface area contributed by atoms with E-state index in [1.54, 1.807) is 18.2 Å². The molecule has 0 fully saturated rings. The Kier molecular flexibility index (Phi) is 4.59. The number of nitrogens with zero attached hydrogens (tertiary/aromatic N) is 1. The van der Waals surface area contributed by atoms with Crippen molar-refractivity contribution in [3.05, 3.63) is 35.7 Å². The van der Waals surface area contributed by atoms with E-state index in [0.717, 1.165) is 0 Å². The molecule has 0 aliphatic carbocycles. The maximum absolute atomic E-state index is 11.2. The number of carboxylic acids is 2. The summed E-state index contributed by atoms with van der Waals surface area (Å²) in [5, 5.41) is 17.9. The first kappa shape index (κ1) is 13.9. The number of hydrogen-bond donors (Lipinski definition) is 2. The van der Waals surface area contributed by atoms with E-state index in [1.165, 1.54) is 10.8 Å². The van der Waals surface area contributed by atoms with Crippen LogP contribution in [0.5, 0.6) is 0 Å². The van der Waals surface area contributed by atoms with E-state index in [-0.39, 0.29) is 12.2 Å². The first-order valence-corrected chi connectivity index (χ1v) is 5.57. The smallest absolute Gasteiger partial charge is 0.401 e. The molecular weight excluding hydrogens is 234 g/mol. The number of pyridine rings is 1. The number of aromatic carboxylic acids is 1.